The van der Waals surface area contributed by atoms with Gasteiger partial charge in [0.1, 0.15) is 10.6 Å². The van der Waals surface area contributed by atoms with Gasteiger partial charge >= 0.3 is 0 Å². The number of amides is 1. The highest BCUT2D eigenvalue weighted by Gasteiger charge is 2.29. The van der Waals surface area contributed by atoms with Crippen LogP contribution in [-0.2, 0) is 4.79 Å². The molecular formula is C25H21N3O4S2. The van der Waals surface area contributed by atoms with Crippen LogP contribution in [0.2, 0.25) is 0 Å². The summed E-state index contributed by atoms with van der Waals surface area (Å²) in [5.74, 6) is 0.361. The summed E-state index contributed by atoms with van der Waals surface area (Å²) in [7, 11) is 1.67. The number of thioether (sulfide) groups is 1. The Hall–Kier alpha value is -3.43. The number of aryl methyl sites for hydroxylation is 1. The van der Waals surface area contributed by atoms with Crippen molar-refractivity contribution >= 4 is 50.7 Å². The number of aromatic nitrogens is 2. The van der Waals surface area contributed by atoms with Crippen molar-refractivity contribution in [3.05, 3.63) is 69.3 Å². The van der Waals surface area contributed by atoms with E-state index in [9.17, 15) is 14.4 Å². The van der Waals surface area contributed by atoms with Gasteiger partial charge in [-0.1, -0.05) is 41.6 Å². The molecule has 2 aromatic heterocycles. The van der Waals surface area contributed by atoms with Crippen molar-refractivity contribution in [1.29, 1.82) is 0 Å². The fraction of sp³-hybridized carbons (Fsp3) is 0.200. The van der Waals surface area contributed by atoms with E-state index in [1.54, 1.807) is 32.2 Å². The summed E-state index contributed by atoms with van der Waals surface area (Å²) < 4.78 is 5.62. The lowest BCUT2D eigenvalue weighted by atomic mass is 10.1. The zero-order valence-electron chi connectivity index (χ0n) is 18.7. The number of hydrogen-bond acceptors (Lipinski definition) is 7. The predicted octanol–water partition coefficient (Wildman–Crippen LogP) is 4.68. The Balaban J connectivity index is 1.36. The van der Waals surface area contributed by atoms with E-state index in [1.807, 2.05) is 36.6 Å². The Morgan fingerprint density at radius 1 is 1.21 bits per heavy atom. The third-order valence-electron chi connectivity index (χ3n) is 5.75. The van der Waals surface area contributed by atoms with Gasteiger partial charge in [-0.25, -0.2) is 4.98 Å². The second-order valence-electron chi connectivity index (χ2n) is 8.12. The van der Waals surface area contributed by atoms with Crippen LogP contribution >= 0.6 is 23.1 Å². The lowest BCUT2D eigenvalue weighted by Crippen LogP contribution is -2.42. The molecule has 0 radical (unpaired) electrons. The molecule has 0 spiro atoms. The first-order chi connectivity index (χ1) is 16.3. The molecule has 1 atom stereocenters. The van der Waals surface area contributed by atoms with Crippen molar-refractivity contribution in [2.45, 2.75) is 25.1 Å². The number of ether oxygens (including phenoxy) is 1. The van der Waals surface area contributed by atoms with E-state index in [-0.39, 0.29) is 23.0 Å². The third-order valence-corrected chi connectivity index (χ3v) is 7.49. The lowest BCUT2D eigenvalue weighted by Gasteiger charge is -2.30. The summed E-state index contributed by atoms with van der Waals surface area (Å²) in [6.07, 6.45) is -0.559. The Morgan fingerprint density at radius 2 is 1.97 bits per heavy atom. The number of benzene rings is 2. The maximum absolute atomic E-state index is 12.9. The highest BCUT2D eigenvalue weighted by atomic mass is 32.2. The minimum absolute atomic E-state index is 0.0956. The van der Waals surface area contributed by atoms with Gasteiger partial charge in [-0.15, -0.1) is 11.3 Å². The molecule has 1 unspecified atom stereocenters. The van der Waals surface area contributed by atoms with E-state index in [1.165, 1.54) is 28.0 Å². The number of rotatable bonds is 5. The van der Waals surface area contributed by atoms with Gasteiger partial charge in [0.05, 0.1) is 16.8 Å². The molecule has 9 heteroatoms. The van der Waals surface area contributed by atoms with Crippen LogP contribution in [0.15, 0.2) is 57.8 Å². The van der Waals surface area contributed by atoms with Crippen LogP contribution in [0.25, 0.3) is 21.3 Å². The van der Waals surface area contributed by atoms with Crippen LogP contribution in [0.4, 0.5) is 5.69 Å². The number of ketones is 1. The summed E-state index contributed by atoms with van der Waals surface area (Å²) in [6.45, 7) is 3.71. The highest BCUT2D eigenvalue weighted by molar-refractivity contribution is 7.99. The molecular weight excluding hydrogens is 470 g/mol. The monoisotopic (exact) mass is 491 g/mol. The molecule has 4 aromatic rings. The molecule has 34 heavy (non-hydrogen) atoms. The van der Waals surface area contributed by atoms with Crippen molar-refractivity contribution in [3.8, 4) is 16.9 Å². The molecule has 5 rings (SSSR count). The largest absolute Gasteiger partial charge is 0.479 e. The number of Topliss-reactive ketones (excluding diaryl/α,β-unsaturated/α-hetero) is 1. The van der Waals surface area contributed by atoms with Gasteiger partial charge in [0.2, 0.25) is 0 Å². The van der Waals surface area contributed by atoms with Gasteiger partial charge < -0.3 is 14.6 Å². The Bertz CT molecular complexity index is 1490. The van der Waals surface area contributed by atoms with E-state index in [2.05, 4.69) is 9.97 Å². The quantitative estimate of drug-likeness (QED) is 0.248. The minimum atomic E-state index is -0.559. The van der Waals surface area contributed by atoms with E-state index in [4.69, 9.17) is 4.74 Å². The van der Waals surface area contributed by atoms with Gasteiger partial charge in [0, 0.05) is 23.6 Å². The van der Waals surface area contributed by atoms with Crippen LogP contribution in [0.1, 0.15) is 22.8 Å². The van der Waals surface area contributed by atoms with Crippen LogP contribution in [-0.4, -0.2) is 40.6 Å². The summed E-state index contributed by atoms with van der Waals surface area (Å²) in [5, 5.41) is 2.89. The van der Waals surface area contributed by atoms with Crippen molar-refractivity contribution < 1.29 is 14.3 Å². The van der Waals surface area contributed by atoms with Crippen LogP contribution in [0.3, 0.4) is 0 Å². The number of nitrogens with zero attached hydrogens (tertiary/aromatic N) is 2. The summed E-state index contributed by atoms with van der Waals surface area (Å²) in [5.41, 5.74) is 3.77. The summed E-state index contributed by atoms with van der Waals surface area (Å²) in [6, 6.07) is 13.1. The molecule has 172 valence electrons. The number of anilines is 1. The normalized spacial score (nSPS) is 15.3. The fourth-order valence-corrected chi connectivity index (χ4v) is 5.61. The molecule has 2 aromatic carbocycles. The number of likely N-dealkylation sites (N-methyl/N-ethyl adjacent to an activating group) is 1. The molecule has 1 aliphatic rings. The number of carbonyl (C=O) groups excluding carboxylic acids is 2. The first-order valence-corrected chi connectivity index (χ1v) is 12.5. The Labute approximate surface area is 203 Å². The van der Waals surface area contributed by atoms with Gasteiger partial charge in [-0.3, -0.25) is 14.4 Å². The maximum Gasteiger partial charge on any atom is 0.267 e. The van der Waals surface area contributed by atoms with Crippen molar-refractivity contribution in [2.75, 3.05) is 17.7 Å². The average molecular weight is 492 g/mol. The van der Waals surface area contributed by atoms with E-state index in [0.717, 1.165) is 16.7 Å². The zero-order valence-corrected chi connectivity index (χ0v) is 20.4. The molecule has 0 saturated carbocycles. The lowest BCUT2D eigenvalue weighted by molar-refractivity contribution is -0.125. The molecule has 1 amide bonds. The van der Waals surface area contributed by atoms with Gasteiger partial charge in [0.15, 0.2) is 17.0 Å². The maximum atomic E-state index is 12.9. The van der Waals surface area contributed by atoms with Crippen LogP contribution < -0.4 is 15.2 Å². The van der Waals surface area contributed by atoms with Crippen molar-refractivity contribution in [2.24, 2.45) is 0 Å². The second-order valence-corrected chi connectivity index (χ2v) is 9.94. The number of thiophene rings is 1. The number of nitrogens with one attached hydrogen (secondary N) is 1. The molecule has 1 aliphatic heterocycles. The first-order valence-electron chi connectivity index (χ1n) is 10.6. The van der Waals surface area contributed by atoms with Crippen molar-refractivity contribution in [3.63, 3.8) is 0 Å². The van der Waals surface area contributed by atoms with Gasteiger partial charge in [-0.05, 0) is 37.6 Å². The van der Waals surface area contributed by atoms with Crippen molar-refractivity contribution in [1.82, 2.24) is 9.97 Å². The third kappa shape index (κ3) is 4.01. The fourth-order valence-electron chi connectivity index (χ4n) is 3.85. The Kier molecular flexibility index (Phi) is 5.75. The van der Waals surface area contributed by atoms with Crippen LogP contribution in [0.5, 0.6) is 5.75 Å². The van der Waals surface area contributed by atoms with E-state index < -0.39 is 6.10 Å². The first kappa shape index (κ1) is 22.4. The summed E-state index contributed by atoms with van der Waals surface area (Å²) in [4.78, 5) is 47.4. The summed E-state index contributed by atoms with van der Waals surface area (Å²) >= 11 is 2.58. The topological polar surface area (TPSA) is 92.4 Å². The molecule has 1 N–H and O–H groups in total. The standard InChI is InChI=1S/C25H21N3O4S2/c1-13-4-6-15(7-5-13)17-11-33-23-21(17)22(30)26-25(27-23)34-12-19(29)16-8-9-20-18(10-16)28(3)24(31)14(2)32-20/h4-11,14H,12H2,1-3H3,(H,26,27,30). The Morgan fingerprint density at radius 3 is 2.74 bits per heavy atom. The molecule has 0 saturated heterocycles. The van der Waals surface area contributed by atoms with E-state index >= 15 is 0 Å². The predicted molar refractivity (Wildman–Crippen MR) is 135 cm³/mol. The second kappa shape index (κ2) is 8.73. The highest BCUT2D eigenvalue weighted by Crippen LogP contribution is 2.35. The molecule has 3 heterocycles. The number of fused-ring (bicyclic) bond motifs is 2. The molecule has 7 nitrogen and oxygen atoms in total. The smallest absolute Gasteiger partial charge is 0.267 e. The van der Waals surface area contributed by atoms with E-state index in [0.29, 0.717) is 32.4 Å². The van der Waals surface area contributed by atoms with Crippen LogP contribution in [0, 0.1) is 6.92 Å². The van der Waals surface area contributed by atoms with Gasteiger partial charge in [0.25, 0.3) is 11.5 Å². The van der Waals surface area contributed by atoms with Gasteiger partial charge in [-0.2, -0.15) is 0 Å². The number of carbonyl (C=O) groups is 2. The molecule has 0 fully saturated rings. The molecule has 0 bridgehead atoms. The number of aromatic amines is 1. The average Bonchev–Trinajstić information content (AvgIpc) is 3.26. The SMILES string of the molecule is Cc1ccc(-c2csc3nc(SCC(=O)c4ccc5c(c4)N(C)C(=O)C(C)O5)[nH]c(=O)c23)cc1. The minimum Gasteiger partial charge on any atom is -0.479 e. The number of hydrogen-bond donors (Lipinski definition) is 1. The zero-order chi connectivity index (χ0) is 24.0. The molecule has 0 aliphatic carbocycles. The number of H-pyrrole nitrogens is 1.